The van der Waals surface area contributed by atoms with Crippen molar-refractivity contribution >= 4 is 5.91 Å². The molecule has 120 valence electrons. The molecule has 1 heterocycles. The average molecular weight is 310 g/mol. The number of amides is 1. The average Bonchev–Trinajstić information content (AvgIpc) is 2.95. The Bertz CT molecular complexity index is 712. The number of fused-ring (bicyclic) bond motifs is 1. The second-order valence-corrected chi connectivity index (χ2v) is 7.28. The Labute approximate surface area is 136 Å². The Morgan fingerprint density at radius 2 is 1.91 bits per heavy atom. The van der Waals surface area contributed by atoms with E-state index in [1.807, 2.05) is 50.4 Å². The summed E-state index contributed by atoms with van der Waals surface area (Å²) in [5, 5.41) is 11.6. The summed E-state index contributed by atoms with van der Waals surface area (Å²) in [6.07, 6.45) is 5.61. The van der Waals surface area contributed by atoms with Crippen LogP contribution in [0.25, 0.3) is 5.69 Å². The number of aromatic nitrogens is 3. The molecule has 2 atom stereocenters. The van der Waals surface area contributed by atoms with Gasteiger partial charge in [0.15, 0.2) is 0 Å². The Kier molecular flexibility index (Phi) is 3.25. The van der Waals surface area contributed by atoms with Crippen molar-refractivity contribution in [1.29, 1.82) is 0 Å². The smallest absolute Gasteiger partial charge is 0.224 e. The van der Waals surface area contributed by atoms with Crippen LogP contribution in [0.5, 0.6) is 0 Å². The van der Waals surface area contributed by atoms with Gasteiger partial charge in [-0.25, -0.2) is 4.68 Å². The lowest BCUT2D eigenvalue weighted by Crippen LogP contribution is -2.42. The van der Waals surface area contributed by atoms with Gasteiger partial charge in [-0.15, -0.1) is 5.10 Å². The van der Waals surface area contributed by atoms with Gasteiger partial charge in [-0.1, -0.05) is 29.8 Å². The van der Waals surface area contributed by atoms with Crippen LogP contribution < -0.4 is 5.32 Å². The number of nitrogens with one attached hydrogen (secondary N) is 1. The van der Waals surface area contributed by atoms with E-state index in [-0.39, 0.29) is 11.8 Å². The fraction of sp³-hybridized carbons (Fsp3) is 0.500. The van der Waals surface area contributed by atoms with Crippen LogP contribution in [0, 0.1) is 17.8 Å². The van der Waals surface area contributed by atoms with Crippen LogP contribution in [0.3, 0.4) is 0 Å². The van der Waals surface area contributed by atoms with Crippen molar-refractivity contribution in [2.24, 2.45) is 17.8 Å². The zero-order valence-corrected chi connectivity index (χ0v) is 13.6. The summed E-state index contributed by atoms with van der Waals surface area (Å²) in [7, 11) is 0. The number of nitrogens with zero attached hydrogens (tertiary/aromatic N) is 3. The van der Waals surface area contributed by atoms with Crippen molar-refractivity contribution in [1.82, 2.24) is 20.3 Å². The Hall–Kier alpha value is -2.17. The van der Waals surface area contributed by atoms with Gasteiger partial charge in [0.1, 0.15) is 5.69 Å². The van der Waals surface area contributed by atoms with Crippen LogP contribution in [-0.4, -0.2) is 20.9 Å². The quantitative estimate of drug-likeness (QED) is 0.944. The van der Waals surface area contributed by atoms with Crippen LogP contribution in [-0.2, 0) is 10.3 Å². The predicted octanol–water partition coefficient (Wildman–Crippen LogP) is 2.66. The summed E-state index contributed by atoms with van der Waals surface area (Å²) >= 11 is 0. The number of benzene rings is 1. The molecule has 5 heteroatoms. The molecule has 1 aromatic carbocycles. The molecular weight excluding hydrogens is 288 g/mol. The molecular formula is C18H22N4O. The first-order valence-corrected chi connectivity index (χ1v) is 8.36. The summed E-state index contributed by atoms with van der Waals surface area (Å²) < 4.78 is 1.75. The molecule has 4 rings (SSSR count). The van der Waals surface area contributed by atoms with Crippen LogP contribution in [0.2, 0.25) is 0 Å². The molecule has 0 radical (unpaired) electrons. The molecule has 2 aliphatic carbocycles. The highest BCUT2D eigenvalue weighted by atomic mass is 16.2. The summed E-state index contributed by atoms with van der Waals surface area (Å²) in [6.45, 7) is 3.98. The second kappa shape index (κ2) is 5.18. The van der Waals surface area contributed by atoms with E-state index in [1.54, 1.807) is 4.68 Å². The van der Waals surface area contributed by atoms with Crippen molar-refractivity contribution in [2.45, 2.75) is 38.6 Å². The monoisotopic (exact) mass is 310 g/mol. The van der Waals surface area contributed by atoms with E-state index in [2.05, 4.69) is 15.6 Å². The molecule has 2 aliphatic rings. The van der Waals surface area contributed by atoms with E-state index in [1.165, 1.54) is 19.3 Å². The van der Waals surface area contributed by atoms with Crippen LogP contribution in [0.1, 0.15) is 38.8 Å². The Balaban J connectivity index is 1.48. The van der Waals surface area contributed by atoms with Crippen molar-refractivity contribution in [3.05, 3.63) is 42.2 Å². The minimum Gasteiger partial charge on any atom is -0.345 e. The van der Waals surface area contributed by atoms with Crippen molar-refractivity contribution < 1.29 is 4.79 Å². The summed E-state index contributed by atoms with van der Waals surface area (Å²) in [4.78, 5) is 12.5. The maximum atomic E-state index is 12.5. The SMILES string of the molecule is CC(C)(NC(=O)C1C2CCCC21)c1cn(-c2ccccc2)nn1. The molecule has 0 saturated heterocycles. The van der Waals surface area contributed by atoms with Gasteiger partial charge in [0.05, 0.1) is 17.4 Å². The largest absolute Gasteiger partial charge is 0.345 e. The fourth-order valence-electron chi connectivity index (χ4n) is 3.92. The van der Waals surface area contributed by atoms with Crippen LogP contribution >= 0.6 is 0 Å². The summed E-state index contributed by atoms with van der Waals surface area (Å²) in [5.74, 6) is 1.67. The Morgan fingerprint density at radius 1 is 1.22 bits per heavy atom. The molecule has 2 fully saturated rings. The predicted molar refractivity (Wildman–Crippen MR) is 86.8 cm³/mol. The van der Waals surface area contributed by atoms with Gasteiger partial charge in [0.2, 0.25) is 5.91 Å². The topological polar surface area (TPSA) is 59.8 Å². The van der Waals surface area contributed by atoms with E-state index in [4.69, 9.17) is 0 Å². The van der Waals surface area contributed by atoms with E-state index in [9.17, 15) is 4.79 Å². The van der Waals surface area contributed by atoms with Crippen molar-refractivity contribution in [3.63, 3.8) is 0 Å². The molecule has 1 amide bonds. The van der Waals surface area contributed by atoms with Crippen LogP contribution in [0.4, 0.5) is 0 Å². The minimum atomic E-state index is -0.513. The maximum absolute atomic E-state index is 12.5. The van der Waals surface area contributed by atoms with Crippen molar-refractivity contribution in [3.8, 4) is 5.69 Å². The number of carbonyl (C=O) groups excluding carboxylic acids is 1. The number of hydrogen-bond acceptors (Lipinski definition) is 3. The zero-order valence-electron chi connectivity index (χ0n) is 13.6. The fourth-order valence-corrected chi connectivity index (χ4v) is 3.92. The first kappa shape index (κ1) is 14.4. The lowest BCUT2D eigenvalue weighted by atomic mass is 10.0. The van der Waals surface area contributed by atoms with Gasteiger partial charge in [-0.3, -0.25) is 4.79 Å². The molecule has 0 bridgehead atoms. The maximum Gasteiger partial charge on any atom is 0.224 e. The standard InChI is InChI=1S/C18H22N4O/c1-18(2,19-17(23)16-13-9-6-10-14(13)16)15-11-22(21-20-15)12-7-4-3-5-8-12/h3-5,7-8,11,13-14,16H,6,9-10H2,1-2H3,(H,19,23). The highest BCUT2D eigenvalue weighted by Crippen LogP contribution is 2.57. The molecule has 0 spiro atoms. The molecule has 5 nitrogen and oxygen atoms in total. The molecule has 2 aromatic rings. The number of carbonyl (C=O) groups is 1. The van der Waals surface area contributed by atoms with Gasteiger partial charge in [-0.05, 0) is 50.7 Å². The number of rotatable bonds is 4. The highest BCUT2D eigenvalue weighted by Gasteiger charge is 2.57. The third-order valence-electron chi connectivity index (χ3n) is 5.30. The van der Waals surface area contributed by atoms with Crippen LogP contribution in [0.15, 0.2) is 36.5 Å². The van der Waals surface area contributed by atoms with Gasteiger partial charge in [-0.2, -0.15) is 0 Å². The van der Waals surface area contributed by atoms with E-state index >= 15 is 0 Å². The lowest BCUT2D eigenvalue weighted by Gasteiger charge is -2.24. The third kappa shape index (κ3) is 2.54. The number of para-hydroxylation sites is 1. The van der Waals surface area contributed by atoms with E-state index in [0.29, 0.717) is 11.8 Å². The summed E-state index contributed by atoms with van der Waals surface area (Å²) in [5.41, 5.74) is 1.23. The van der Waals surface area contributed by atoms with Crippen molar-refractivity contribution in [2.75, 3.05) is 0 Å². The number of hydrogen-bond donors (Lipinski definition) is 1. The molecule has 23 heavy (non-hydrogen) atoms. The first-order valence-electron chi connectivity index (χ1n) is 8.36. The van der Waals surface area contributed by atoms with Gasteiger partial charge >= 0.3 is 0 Å². The Morgan fingerprint density at radius 3 is 2.61 bits per heavy atom. The first-order chi connectivity index (χ1) is 11.1. The highest BCUT2D eigenvalue weighted by molar-refractivity contribution is 5.83. The summed E-state index contributed by atoms with van der Waals surface area (Å²) in [6, 6.07) is 9.87. The molecule has 2 saturated carbocycles. The molecule has 0 aliphatic heterocycles. The van der Waals surface area contributed by atoms with Gasteiger partial charge < -0.3 is 5.32 Å². The second-order valence-electron chi connectivity index (χ2n) is 7.28. The van der Waals surface area contributed by atoms with E-state index in [0.717, 1.165) is 11.4 Å². The molecule has 1 N–H and O–H groups in total. The van der Waals surface area contributed by atoms with E-state index < -0.39 is 5.54 Å². The normalized spacial score (nSPS) is 25.9. The zero-order chi connectivity index (χ0) is 16.0. The molecule has 2 unspecified atom stereocenters. The molecule has 1 aromatic heterocycles. The van der Waals surface area contributed by atoms with Gasteiger partial charge in [0, 0.05) is 5.92 Å². The minimum absolute atomic E-state index is 0.180. The third-order valence-corrected chi connectivity index (χ3v) is 5.30. The van der Waals surface area contributed by atoms with Gasteiger partial charge in [0.25, 0.3) is 0 Å². The lowest BCUT2D eigenvalue weighted by molar-refractivity contribution is -0.124.